The number of aryl methyl sites for hydroxylation is 1. The van der Waals surface area contributed by atoms with Crippen LogP contribution in [0.5, 0.6) is 0 Å². The molecule has 0 radical (unpaired) electrons. The van der Waals surface area contributed by atoms with Gasteiger partial charge in [0.15, 0.2) is 0 Å². The number of rotatable bonds is 6. The fourth-order valence-electron chi connectivity index (χ4n) is 2.51. The minimum absolute atomic E-state index is 0.326. The summed E-state index contributed by atoms with van der Waals surface area (Å²) in [6, 6.07) is 9.12. The molecule has 2 aromatic rings. The third kappa shape index (κ3) is 3.48. The standard InChI is InChI=1S/C17H25N3/c1-5-18-16(15-8-6-14(4)7-9-15)12-20-11-10-19-17(20)13(2)3/h6-11,13,16,18H,5,12H2,1-4H3. The van der Waals surface area contributed by atoms with Crippen molar-refractivity contribution in [2.75, 3.05) is 6.54 Å². The molecule has 0 aliphatic heterocycles. The van der Waals surface area contributed by atoms with Crippen molar-refractivity contribution in [3.05, 3.63) is 53.6 Å². The first-order chi connectivity index (χ1) is 9.61. The van der Waals surface area contributed by atoms with E-state index in [2.05, 4.69) is 73.0 Å². The van der Waals surface area contributed by atoms with E-state index >= 15 is 0 Å². The van der Waals surface area contributed by atoms with E-state index in [1.165, 1.54) is 11.1 Å². The van der Waals surface area contributed by atoms with Crippen LogP contribution in [0, 0.1) is 6.92 Å². The molecular formula is C17H25N3. The van der Waals surface area contributed by atoms with Gasteiger partial charge in [-0.05, 0) is 19.0 Å². The lowest BCUT2D eigenvalue weighted by Gasteiger charge is -2.21. The second-order valence-electron chi connectivity index (χ2n) is 5.61. The van der Waals surface area contributed by atoms with Gasteiger partial charge < -0.3 is 9.88 Å². The van der Waals surface area contributed by atoms with Gasteiger partial charge in [-0.2, -0.15) is 0 Å². The Hall–Kier alpha value is -1.61. The van der Waals surface area contributed by atoms with E-state index < -0.39 is 0 Å². The highest BCUT2D eigenvalue weighted by Crippen LogP contribution is 2.19. The van der Waals surface area contributed by atoms with E-state index in [4.69, 9.17) is 0 Å². The summed E-state index contributed by atoms with van der Waals surface area (Å²) < 4.78 is 2.26. The number of nitrogens with one attached hydrogen (secondary N) is 1. The molecule has 0 bridgehead atoms. The van der Waals surface area contributed by atoms with Gasteiger partial charge in [-0.1, -0.05) is 50.6 Å². The summed E-state index contributed by atoms with van der Waals surface area (Å²) in [5.74, 6) is 1.60. The highest BCUT2D eigenvalue weighted by atomic mass is 15.1. The molecule has 0 saturated heterocycles. The zero-order valence-electron chi connectivity index (χ0n) is 12.9. The average molecular weight is 271 g/mol. The molecule has 1 N–H and O–H groups in total. The molecule has 1 aromatic heterocycles. The van der Waals surface area contributed by atoms with Crippen LogP contribution < -0.4 is 5.32 Å². The number of nitrogens with zero attached hydrogens (tertiary/aromatic N) is 2. The van der Waals surface area contributed by atoms with Gasteiger partial charge >= 0.3 is 0 Å². The van der Waals surface area contributed by atoms with Crippen molar-refractivity contribution < 1.29 is 0 Å². The third-order valence-corrected chi connectivity index (χ3v) is 3.57. The minimum atomic E-state index is 0.326. The lowest BCUT2D eigenvalue weighted by molar-refractivity contribution is 0.460. The molecule has 0 amide bonds. The fraction of sp³-hybridized carbons (Fsp3) is 0.471. The van der Waals surface area contributed by atoms with Gasteiger partial charge in [0.05, 0.1) is 6.04 Å². The Morgan fingerprint density at radius 1 is 1.20 bits per heavy atom. The molecule has 1 unspecified atom stereocenters. The normalized spacial score (nSPS) is 12.8. The third-order valence-electron chi connectivity index (χ3n) is 3.57. The molecule has 0 aliphatic carbocycles. The fourth-order valence-corrected chi connectivity index (χ4v) is 2.51. The Labute approximate surface area is 122 Å². The molecule has 1 aromatic carbocycles. The zero-order chi connectivity index (χ0) is 14.5. The Kier molecular flexibility index (Phi) is 4.96. The first kappa shape index (κ1) is 14.8. The number of aromatic nitrogens is 2. The van der Waals surface area contributed by atoms with E-state index in [1.807, 2.05) is 6.20 Å². The second-order valence-corrected chi connectivity index (χ2v) is 5.61. The number of hydrogen-bond acceptors (Lipinski definition) is 2. The first-order valence-corrected chi connectivity index (χ1v) is 7.42. The Morgan fingerprint density at radius 2 is 1.90 bits per heavy atom. The molecule has 108 valence electrons. The number of hydrogen-bond donors (Lipinski definition) is 1. The predicted octanol–water partition coefficient (Wildman–Crippen LogP) is 3.67. The lowest BCUT2D eigenvalue weighted by atomic mass is 10.0. The quantitative estimate of drug-likeness (QED) is 0.869. The maximum absolute atomic E-state index is 4.47. The SMILES string of the molecule is CCNC(Cn1ccnc1C(C)C)c1ccc(C)cc1. The van der Waals surface area contributed by atoms with Crippen molar-refractivity contribution >= 4 is 0 Å². The molecule has 0 aliphatic rings. The van der Waals surface area contributed by atoms with Crippen LogP contribution >= 0.6 is 0 Å². The zero-order valence-corrected chi connectivity index (χ0v) is 12.9. The first-order valence-electron chi connectivity index (χ1n) is 7.42. The van der Waals surface area contributed by atoms with Gasteiger partial charge in [-0.25, -0.2) is 4.98 Å². The molecule has 0 saturated carbocycles. The molecule has 1 atom stereocenters. The highest BCUT2D eigenvalue weighted by molar-refractivity contribution is 5.24. The summed E-state index contributed by atoms with van der Waals surface area (Å²) >= 11 is 0. The molecule has 20 heavy (non-hydrogen) atoms. The number of imidazole rings is 1. The smallest absolute Gasteiger partial charge is 0.111 e. The lowest BCUT2D eigenvalue weighted by Crippen LogP contribution is -2.26. The van der Waals surface area contributed by atoms with Crippen molar-refractivity contribution in [3.63, 3.8) is 0 Å². The molecule has 3 nitrogen and oxygen atoms in total. The molecule has 3 heteroatoms. The van der Waals surface area contributed by atoms with Crippen LogP contribution in [-0.4, -0.2) is 16.1 Å². The van der Waals surface area contributed by atoms with Gasteiger partial charge in [0.2, 0.25) is 0 Å². The van der Waals surface area contributed by atoms with Crippen LogP contribution in [0.15, 0.2) is 36.7 Å². The van der Waals surface area contributed by atoms with Crippen molar-refractivity contribution in [2.45, 2.75) is 46.2 Å². The van der Waals surface area contributed by atoms with Crippen LogP contribution in [0.3, 0.4) is 0 Å². The van der Waals surface area contributed by atoms with Gasteiger partial charge in [0, 0.05) is 24.9 Å². The summed E-state index contributed by atoms with van der Waals surface area (Å²) in [6.07, 6.45) is 3.97. The molecular weight excluding hydrogens is 246 g/mol. The molecule has 2 rings (SSSR count). The van der Waals surface area contributed by atoms with Crippen molar-refractivity contribution in [3.8, 4) is 0 Å². The van der Waals surface area contributed by atoms with Gasteiger partial charge in [0.1, 0.15) is 5.82 Å². The number of benzene rings is 1. The van der Waals surface area contributed by atoms with Crippen molar-refractivity contribution in [2.24, 2.45) is 0 Å². The van der Waals surface area contributed by atoms with Gasteiger partial charge in [0.25, 0.3) is 0 Å². The van der Waals surface area contributed by atoms with Crippen LogP contribution in [0.1, 0.15) is 49.7 Å². The van der Waals surface area contributed by atoms with Crippen molar-refractivity contribution in [1.82, 2.24) is 14.9 Å². The summed E-state index contributed by atoms with van der Waals surface area (Å²) in [7, 11) is 0. The van der Waals surface area contributed by atoms with E-state index in [1.54, 1.807) is 0 Å². The van der Waals surface area contributed by atoms with Crippen LogP contribution in [0.4, 0.5) is 0 Å². The van der Waals surface area contributed by atoms with E-state index in [9.17, 15) is 0 Å². The maximum atomic E-state index is 4.47. The monoisotopic (exact) mass is 271 g/mol. The molecule has 0 spiro atoms. The van der Waals surface area contributed by atoms with E-state index in [-0.39, 0.29) is 0 Å². The Morgan fingerprint density at radius 3 is 2.50 bits per heavy atom. The second kappa shape index (κ2) is 6.71. The van der Waals surface area contributed by atoms with Crippen molar-refractivity contribution in [1.29, 1.82) is 0 Å². The summed E-state index contributed by atoms with van der Waals surface area (Å²) in [4.78, 5) is 4.47. The Balaban J connectivity index is 2.21. The molecule has 1 heterocycles. The summed E-state index contributed by atoms with van der Waals surface area (Å²) in [5, 5.41) is 3.57. The highest BCUT2D eigenvalue weighted by Gasteiger charge is 2.14. The number of likely N-dealkylation sites (N-methyl/N-ethyl adjacent to an activating group) is 1. The van der Waals surface area contributed by atoms with E-state index in [0.717, 1.165) is 18.9 Å². The largest absolute Gasteiger partial charge is 0.333 e. The Bertz CT molecular complexity index is 525. The maximum Gasteiger partial charge on any atom is 0.111 e. The van der Waals surface area contributed by atoms with Gasteiger partial charge in [-0.3, -0.25) is 0 Å². The predicted molar refractivity (Wildman–Crippen MR) is 83.9 cm³/mol. The van der Waals surface area contributed by atoms with Crippen LogP contribution in [-0.2, 0) is 6.54 Å². The van der Waals surface area contributed by atoms with Gasteiger partial charge in [-0.15, -0.1) is 0 Å². The van der Waals surface area contributed by atoms with Crippen LogP contribution in [0.2, 0.25) is 0 Å². The van der Waals surface area contributed by atoms with E-state index in [0.29, 0.717) is 12.0 Å². The van der Waals surface area contributed by atoms with Crippen LogP contribution in [0.25, 0.3) is 0 Å². The minimum Gasteiger partial charge on any atom is -0.333 e. The summed E-state index contributed by atoms with van der Waals surface area (Å²) in [6.45, 7) is 10.5. The molecule has 0 fully saturated rings. The summed E-state index contributed by atoms with van der Waals surface area (Å²) in [5.41, 5.74) is 2.63. The topological polar surface area (TPSA) is 29.9 Å². The average Bonchev–Trinajstić information content (AvgIpc) is 2.87.